The Balaban J connectivity index is 3.34. The molecule has 0 saturated heterocycles. The molecule has 1 aromatic carbocycles. The van der Waals surface area contributed by atoms with Gasteiger partial charge in [0.2, 0.25) is 0 Å². The first-order valence-corrected chi connectivity index (χ1v) is 5.16. The third kappa shape index (κ3) is 2.44. The van der Waals surface area contributed by atoms with E-state index in [4.69, 9.17) is 15.2 Å². The number of benzene rings is 1. The minimum atomic E-state index is -1.11. The highest BCUT2D eigenvalue weighted by atomic mass is 19.1. The topological polar surface area (TPSA) is 44.5 Å². The molecular formula is C12H18FNO2. The van der Waals surface area contributed by atoms with Crippen LogP contribution in [0.25, 0.3) is 0 Å². The van der Waals surface area contributed by atoms with Crippen LogP contribution in [0.4, 0.5) is 4.39 Å². The highest BCUT2D eigenvalue weighted by Crippen LogP contribution is 2.36. The molecule has 0 aliphatic heterocycles. The molecule has 0 bridgehead atoms. The summed E-state index contributed by atoms with van der Waals surface area (Å²) in [6.45, 7) is 3.30. The Kier molecular flexibility index (Phi) is 4.12. The summed E-state index contributed by atoms with van der Waals surface area (Å²) in [5.74, 6) is 1.10. The van der Waals surface area contributed by atoms with Crippen LogP contribution in [0.15, 0.2) is 12.1 Å². The molecule has 2 unspecified atom stereocenters. The average Bonchev–Trinajstić information content (AvgIpc) is 2.26. The van der Waals surface area contributed by atoms with Crippen LogP contribution in [0.5, 0.6) is 11.5 Å². The first-order valence-electron chi connectivity index (χ1n) is 5.16. The van der Waals surface area contributed by atoms with Gasteiger partial charge in [0.05, 0.1) is 14.2 Å². The zero-order valence-electron chi connectivity index (χ0n) is 10.1. The van der Waals surface area contributed by atoms with Crippen molar-refractivity contribution in [3.05, 3.63) is 23.3 Å². The van der Waals surface area contributed by atoms with Crippen LogP contribution in [-0.4, -0.2) is 14.2 Å². The van der Waals surface area contributed by atoms with Crippen molar-refractivity contribution in [3.63, 3.8) is 0 Å². The number of hydrogen-bond donors (Lipinski definition) is 1. The van der Waals surface area contributed by atoms with Gasteiger partial charge in [0, 0.05) is 17.2 Å². The van der Waals surface area contributed by atoms with Crippen LogP contribution < -0.4 is 15.2 Å². The summed E-state index contributed by atoms with van der Waals surface area (Å²) in [5, 5.41) is 0. The van der Waals surface area contributed by atoms with Crippen LogP contribution in [0.3, 0.4) is 0 Å². The molecular weight excluding hydrogens is 209 g/mol. The molecule has 0 spiro atoms. The van der Waals surface area contributed by atoms with Crippen molar-refractivity contribution in [1.29, 1.82) is 0 Å². The number of nitrogens with two attached hydrogens (primary N) is 1. The van der Waals surface area contributed by atoms with Crippen molar-refractivity contribution in [1.82, 2.24) is 0 Å². The van der Waals surface area contributed by atoms with E-state index in [0.29, 0.717) is 17.1 Å². The van der Waals surface area contributed by atoms with Gasteiger partial charge < -0.3 is 15.2 Å². The Morgan fingerprint density at radius 1 is 1.06 bits per heavy atom. The molecule has 0 saturated carbocycles. The Hall–Kier alpha value is -1.29. The Morgan fingerprint density at radius 3 is 1.88 bits per heavy atom. The highest BCUT2D eigenvalue weighted by molar-refractivity contribution is 5.48. The summed E-state index contributed by atoms with van der Waals surface area (Å²) >= 11 is 0. The van der Waals surface area contributed by atoms with Crippen LogP contribution >= 0.6 is 0 Å². The summed E-state index contributed by atoms with van der Waals surface area (Å²) in [6, 6.07) is 3.18. The van der Waals surface area contributed by atoms with Crippen LogP contribution in [0.1, 0.15) is 37.2 Å². The van der Waals surface area contributed by atoms with Crippen molar-refractivity contribution < 1.29 is 13.9 Å². The summed E-state index contributed by atoms with van der Waals surface area (Å²) in [7, 11) is 3.05. The van der Waals surface area contributed by atoms with E-state index in [1.165, 1.54) is 14.0 Å². The van der Waals surface area contributed by atoms with E-state index in [1.54, 1.807) is 19.2 Å². The van der Waals surface area contributed by atoms with E-state index in [2.05, 4.69) is 0 Å². The molecule has 2 N–H and O–H groups in total. The zero-order valence-corrected chi connectivity index (χ0v) is 10.1. The number of alkyl halides is 1. The third-order valence-electron chi connectivity index (χ3n) is 2.50. The highest BCUT2D eigenvalue weighted by Gasteiger charge is 2.17. The quantitative estimate of drug-likeness (QED) is 0.860. The van der Waals surface area contributed by atoms with Gasteiger partial charge in [-0.05, 0) is 26.0 Å². The molecule has 2 atom stereocenters. The molecule has 0 aromatic heterocycles. The Morgan fingerprint density at radius 2 is 1.50 bits per heavy atom. The molecule has 16 heavy (non-hydrogen) atoms. The standard InChI is InChI=1S/C12H18FNO2/c1-7(13)9-5-12(16-4)10(8(2)14)6-11(9)15-3/h5-8H,14H2,1-4H3. The van der Waals surface area contributed by atoms with Gasteiger partial charge in [-0.25, -0.2) is 4.39 Å². The van der Waals surface area contributed by atoms with Gasteiger partial charge in [-0.2, -0.15) is 0 Å². The maximum Gasteiger partial charge on any atom is 0.126 e. The molecule has 0 aliphatic carbocycles. The molecule has 0 heterocycles. The number of hydrogen-bond acceptors (Lipinski definition) is 3. The smallest absolute Gasteiger partial charge is 0.126 e. The van der Waals surface area contributed by atoms with Gasteiger partial charge in [-0.3, -0.25) is 0 Å². The first kappa shape index (κ1) is 12.8. The molecule has 0 radical (unpaired) electrons. The van der Waals surface area contributed by atoms with Gasteiger partial charge in [0.1, 0.15) is 17.7 Å². The van der Waals surface area contributed by atoms with Crippen molar-refractivity contribution in [2.75, 3.05) is 14.2 Å². The molecule has 1 rings (SSSR count). The minimum absolute atomic E-state index is 0.187. The van der Waals surface area contributed by atoms with Gasteiger partial charge in [-0.1, -0.05) is 0 Å². The maximum atomic E-state index is 13.4. The fourth-order valence-corrected chi connectivity index (χ4v) is 1.61. The number of ether oxygens (including phenoxy) is 2. The van der Waals surface area contributed by atoms with Crippen molar-refractivity contribution in [3.8, 4) is 11.5 Å². The van der Waals surface area contributed by atoms with Crippen molar-refractivity contribution >= 4 is 0 Å². The predicted octanol–water partition coefficient (Wildman–Crippen LogP) is 2.75. The lowest BCUT2D eigenvalue weighted by atomic mass is 10.0. The SMILES string of the molecule is COc1cc(C(C)F)c(OC)cc1C(C)N. The fourth-order valence-electron chi connectivity index (χ4n) is 1.61. The number of halogens is 1. The Bertz CT molecular complexity index is 329. The monoisotopic (exact) mass is 227 g/mol. The lowest BCUT2D eigenvalue weighted by molar-refractivity contribution is 0.341. The number of methoxy groups -OCH3 is 2. The minimum Gasteiger partial charge on any atom is -0.496 e. The molecule has 0 fully saturated rings. The van der Waals surface area contributed by atoms with Gasteiger partial charge in [0.15, 0.2) is 0 Å². The summed E-state index contributed by atoms with van der Waals surface area (Å²) in [4.78, 5) is 0. The van der Waals surface area contributed by atoms with Crippen LogP contribution in [0, 0.1) is 0 Å². The first-order chi connectivity index (χ1) is 7.51. The van der Waals surface area contributed by atoms with Gasteiger partial charge in [0.25, 0.3) is 0 Å². The van der Waals surface area contributed by atoms with E-state index < -0.39 is 6.17 Å². The average molecular weight is 227 g/mol. The molecule has 3 nitrogen and oxygen atoms in total. The predicted molar refractivity (Wildman–Crippen MR) is 61.7 cm³/mol. The lowest BCUT2D eigenvalue weighted by Crippen LogP contribution is -2.08. The summed E-state index contributed by atoms with van der Waals surface area (Å²) in [6.07, 6.45) is -1.11. The van der Waals surface area contributed by atoms with E-state index in [9.17, 15) is 4.39 Å². The lowest BCUT2D eigenvalue weighted by Gasteiger charge is -2.17. The van der Waals surface area contributed by atoms with Crippen molar-refractivity contribution in [2.24, 2.45) is 5.73 Å². The van der Waals surface area contributed by atoms with E-state index in [1.807, 2.05) is 6.92 Å². The fraction of sp³-hybridized carbons (Fsp3) is 0.500. The summed E-state index contributed by atoms with van der Waals surface area (Å²) < 4.78 is 23.7. The van der Waals surface area contributed by atoms with Crippen molar-refractivity contribution in [2.45, 2.75) is 26.1 Å². The normalized spacial score (nSPS) is 14.4. The molecule has 0 amide bonds. The van der Waals surface area contributed by atoms with E-state index in [-0.39, 0.29) is 6.04 Å². The Labute approximate surface area is 95.4 Å². The molecule has 90 valence electrons. The van der Waals surface area contributed by atoms with Crippen LogP contribution in [-0.2, 0) is 0 Å². The van der Waals surface area contributed by atoms with Crippen LogP contribution in [0.2, 0.25) is 0 Å². The second kappa shape index (κ2) is 5.16. The second-order valence-corrected chi connectivity index (χ2v) is 3.74. The molecule has 4 heteroatoms. The zero-order chi connectivity index (χ0) is 12.3. The van der Waals surface area contributed by atoms with Gasteiger partial charge >= 0.3 is 0 Å². The van der Waals surface area contributed by atoms with E-state index in [0.717, 1.165) is 5.56 Å². The van der Waals surface area contributed by atoms with E-state index >= 15 is 0 Å². The second-order valence-electron chi connectivity index (χ2n) is 3.74. The molecule has 0 aliphatic rings. The summed E-state index contributed by atoms with van der Waals surface area (Å²) in [5.41, 5.74) is 7.10. The third-order valence-corrected chi connectivity index (χ3v) is 2.50. The molecule has 1 aromatic rings. The largest absolute Gasteiger partial charge is 0.496 e. The van der Waals surface area contributed by atoms with Gasteiger partial charge in [-0.15, -0.1) is 0 Å². The maximum absolute atomic E-state index is 13.4. The number of rotatable bonds is 4.